The van der Waals surface area contributed by atoms with Crippen LogP contribution in [-0.4, -0.2) is 39.8 Å². The lowest BCUT2D eigenvalue weighted by molar-refractivity contribution is 0.102. The highest BCUT2D eigenvalue weighted by molar-refractivity contribution is 7.89. The monoisotopic (exact) mass is 402 g/mol. The van der Waals surface area contributed by atoms with Crippen LogP contribution in [0.5, 0.6) is 5.75 Å². The molecule has 2 rings (SSSR count). The molecule has 2 aromatic carbocycles. The van der Waals surface area contributed by atoms with Gasteiger partial charge in [-0.05, 0) is 36.4 Å². The van der Waals surface area contributed by atoms with Crippen LogP contribution in [0.3, 0.4) is 0 Å². The molecule has 1 N–H and O–H groups in total. The van der Waals surface area contributed by atoms with E-state index in [9.17, 15) is 13.2 Å². The maximum absolute atomic E-state index is 12.4. The van der Waals surface area contributed by atoms with E-state index in [2.05, 4.69) is 5.32 Å². The van der Waals surface area contributed by atoms with Crippen LogP contribution in [0.2, 0.25) is 10.0 Å². The van der Waals surface area contributed by atoms with Gasteiger partial charge in [-0.15, -0.1) is 0 Å². The molecule has 2 aromatic rings. The van der Waals surface area contributed by atoms with Crippen LogP contribution >= 0.6 is 23.2 Å². The van der Waals surface area contributed by atoms with Gasteiger partial charge < -0.3 is 10.1 Å². The zero-order valence-corrected chi connectivity index (χ0v) is 16.0. The number of amides is 1. The highest BCUT2D eigenvalue weighted by Crippen LogP contribution is 2.28. The van der Waals surface area contributed by atoms with Crippen molar-refractivity contribution >= 4 is 44.8 Å². The van der Waals surface area contributed by atoms with E-state index in [0.29, 0.717) is 15.7 Å². The largest absolute Gasteiger partial charge is 0.495 e. The molecule has 0 fully saturated rings. The van der Waals surface area contributed by atoms with E-state index in [-0.39, 0.29) is 16.2 Å². The van der Waals surface area contributed by atoms with Crippen molar-refractivity contribution < 1.29 is 17.9 Å². The van der Waals surface area contributed by atoms with Crippen molar-refractivity contribution in [3.05, 3.63) is 52.0 Å². The number of ether oxygens (including phenoxy) is 1. The number of benzene rings is 2. The summed E-state index contributed by atoms with van der Waals surface area (Å²) >= 11 is 11.8. The van der Waals surface area contributed by atoms with Gasteiger partial charge in [0, 0.05) is 35.4 Å². The molecule has 25 heavy (non-hydrogen) atoms. The van der Waals surface area contributed by atoms with Crippen molar-refractivity contribution in [2.75, 3.05) is 26.5 Å². The minimum Gasteiger partial charge on any atom is -0.495 e. The Morgan fingerprint density at radius 2 is 1.68 bits per heavy atom. The van der Waals surface area contributed by atoms with E-state index in [1.807, 2.05) is 0 Å². The van der Waals surface area contributed by atoms with Crippen molar-refractivity contribution in [3.63, 3.8) is 0 Å². The number of rotatable bonds is 5. The normalized spacial score (nSPS) is 11.4. The van der Waals surface area contributed by atoms with Gasteiger partial charge in [-0.3, -0.25) is 4.79 Å². The number of carbonyl (C=O) groups excluding carboxylic acids is 1. The Morgan fingerprint density at radius 1 is 1.08 bits per heavy atom. The van der Waals surface area contributed by atoms with E-state index < -0.39 is 15.9 Å². The maximum atomic E-state index is 12.4. The van der Waals surface area contributed by atoms with Crippen molar-refractivity contribution in [2.24, 2.45) is 0 Å². The lowest BCUT2D eigenvalue weighted by Gasteiger charge is -2.15. The van der Waals surface area contributed by atoms with Gasteiger partial charge in [0.15, 0.2) is 0 Å². The molecule has 0 saturated carbocycles. The molecule has 6 nitrogen and oxygen atoms in total. The highest BCUT2D eigenvalue weighted by atomic mass is 35.5. The number of methoxy groups -OCH3 is 1. The maximum Gasteiger partial charge on any atom is 0.255 e. The van der Waals surface area contributed by atoms with Gasteiger partial charge in [-0.1, -0.05) is 23.2 Å². The molecule has 0 bridgehead atoms. The molecule has 0 unspecified atom stereocenters. The van der Waals surface area contributed by atoms with E-state index in [1.54, 1.807) is 0 Å². The minimum absolute atomic E-state index is 0.100. The third kappa shape index (κ3) is 4.43. The molecular weight excluding hydrogens is 387 g/mol. The Balaban J connectivity index is 2.41. The number of carbonyl (C=O) groups is 1. The van der Waals surface area contributed by atoms with Gasteiger partial charge in [0.25, 0.3) is 5.91 Å². The predicted octanol–water partition coefficient (Wildman–Crippen LogP) is 3.50. The van der Waals surface area contributed by atoms with Crippen molar-refractivity contribution in [1.82, 2.24) is 4.31 Å². The molecule has 0 radical (unpaired) electrons. The summed E-state index contributed by atoms with van der Waals surface area (Å²) in [6, 6.07) is 8.76. The van der Waals surface area contributed by atoms with Crippen LogP contribution in [0.25, 0.3) is 0 Å². The number of nitrogens with one attached hydrogen (secondary N) is 1. The van der Waals surface area contributed by atoms with Crippen molar-refractivity contribution in [1.29, 1.82) is 0 Å². The lowest BCUT2D eigenvalue weighted by Crippen LogP contribution is -2.23. The van der Waals surface area contributed by atoms with Crippen LogP contribution in [-0.2, 0) is 10.0 Å². The molecule has 134 valence electrons. The number of hydrogen-bond acceptors (Lipinski definition) is 4. The first-order chi connectivity index (χ1) is 11.6. The standard InChI is InChI=1S/C16H16Cl2N2O4S/c1-20(2)25(22,23)15-6-10(4-5-14(15)24-3)16(21)19-13-8-11(17)7-12(18)9-13/h4-9H,1-3H3,(H,19,21). The molecule has 1 amide bonds. The summed E-state index contributed by atoms with van der Waals surface area (Å²) in [7, 11) is 0.380. The highest BCUT2D eigenvalue weighted by Gasteiger charge is 2.24. The molecular formula is C16H16Cl2N2O4S. The van der Waals surface area contributed by atoms with E-state index >= 15 is 0 Å². The summed E-state index contributed by atoms with van der Waals surface area (Å²) < 4.78 is 31.0. The molecule has 0 heterocycles. The van der Waals surface area contributed by atoms with Gasteiger partial charge in [0.05, 0.1) is 7.11 Å². The SMILES string of the molecule is COc1ccc(C(=O)Nc2cc(Cl)cc(Cl)c2)cc1S(=O)(=O)N(C)C. The van der Waals surface area contributed by atoms with Crippen LogP contribution in [0.1, 0.15) is 10.4 Å². The Labute approximate surface area is 156 Å². The van der Waals surface area contributed by atoms with Crippen LogP contribution in [0, 0.1) is 0 Å². The quantitative estimate of drug-likeness (QED) is 0.829. The van der Waals surface area contributed by atoms with Crippen LogP contribution < -0.4 is 10.1 Å². The molecule has 0 spiro atoms. The Hall–Kier alpha value is -1.80. The van der Waals surface area contributed by atoms with Crippen LogP contribution in [0.15, 0.2) is 41.3 Å². The zero-order valence-electron chi connectivity index (χ0n) is 13.7. The van der Waals surface area contributed by atoms with Gasteiger partial charge in [0.1, 0.15) is 10.6 Å². The van der Waals surface area contributed by atoms with E-state index in [4.69, 9.17) is 27.9 Å². The average molecular weight is 403 g/mol. The molecule has 0 aliphatic heterocycles. The first-order valence-electron chi connectivity index (χ1n) is 7.03. The summed E-state index contributed by atoms with van der Waals surface area (Å²) in [6.45, 7) is 0. The Kier molecular flexibility index (Phi) is 5.95. The fourth-order valence-corrected chi connectivity index (χ4v) is 3.65. The molecule has 0 saturated heterocycles. The summed E-state index contributed by atoms with van der Waals surface area (Å²) in [4.78, 5) is 12.3. The zero-order chi connectivity index (χ0) is 18.8. The second-order valence-corrected chi connectivity index (χ2v) is 8.26. The smallest absolute Gasteiger partial charge is 0.255 e. The first-order valence-corrected chi connectivity index (χ1v) is 9.22. The average Bonchev–Trinajstić information content (AvgIpc) is 2.52. The Bertz CT molecular complexity index is 894. The number of hydrogen-bond donors (Lipinski definition) is 1. The number of halogens is 2. The summed E-state index contributed by atoms with van der Waals surface area (Å²) in [5.74, 6) is -0.354. The topological polar surface area (TPSA) is 75.7 Å². The molecule has 0 aliphatic carbocycles. The minimum atomic E-state index is -3.78. The van der Waals surface area contributed by atoms with Gasteiger partial charge in [-0.25, -0.2) is 12.7 Å². The van der Waals surface area contributed by atoms with Gasteiger partial charge >= 0.3 is 0 Å². The fourth-order valence-electron chi connectivity index (χ4n) is 2.05. The fraction of sp³-hybridized carbons (Fsp3) is 0.188. The second-order valence-electron chi connectivity index (χ2n) is 5.27. The third-order valence-electron chi connectivity index (χ3n) is 3.30. The summed E-state index contributed by atoms with van der Waals surface area (Å²) in [6.07, 6.45) is 0. The predicted molar refractivity (Wildman–Crippen MR) is 98.3 cm³/mol. The molecule has 9 heteroatoms. The molecule has 0 aromatic heterocycles. The summed E-state index contributed by atoms with van der Waals surface area (Å²) in [5, 5.41) is 3.37. The summed E-state index contributed by atoms with van der Waals surface area (Å²) in [5.41, 5.74) is 0.549. The number of sulfonamides is 1. The number of nitrogens with zero attached hydrogens (tertiary/aromatic N) is 1. The van der Waals surface area contributed by atoms with Gasteiger partial charge in [0.2, 0.25) is 10.0 Å². The first kappa shape index (κ1) is 19.5. The third-order valence-corrected chi connectivity index (χ3v) is 5.58. The van der Waals surface area contributed by atoms with E-state index in [1.165, 1.54) is 57.6 Å². The van der Waals surface area contributed by atoms with Gasteiger partial charge in [-0.2, -0.15) is 0 Å². The Morgan fingerprint density at radius 3 is 2.20 bits per heavy atom. The van der Waals surface area contributed by atoms with Crippen LogP contribution in [0.4, 0.5) is 5.69 Å². The molecule has 0 atom stereocenters. The van der Waals surface area contributed by atoms with E-state index in [0.717, 1.165) is 4.31 Å². The second kappa shape index (κ2) is 7.61. The number of anilines is 1. The van der Waals surface area contributed by atoms with Crippen molar-refractivity contribution in [2.45, 2.75) is 4.90 Å². The molecule has 0 aliphatic rings. The van der Waals surface area contributed by atoms with Crippen molar-refractivity contribution in [3.8, 4) is 5.75 Å². The lowest BCUT2D eigenvalue weighted by atomic mass is 10.2.